The van der Waals surface area contributed by atoms with E-state index in [4.69, 9.17) is 5.11 Å². The Morgan fingerprint density at radius 1 is 1.38 bits per heavy atom. The summed E-state index contributed by atoms with van der Waals surface area (Å²) in [5, 5.41) is 13.3. The third-order valence-corrected chi connectivity index (χ3v) is 7.01. The van der Waals surface area contributed by atoms with Gasteiger partial charge in [0.2, 0.25) is 10.0 Å². The molecule has 1 fully saturated rings. The highest BCUT2D eigenvalue weighted by Gasteiger charge is 2.37. The first-order valence-corrected chi connectivity index (χ1v) is 9.40. The molecule has 1 N–H and O–H groups in total. The van der Waals surface area contributed by atoms with Crippen molar-refractivity contribution in [3.05, 3.63) is 11.4 Å². The van der Waals surface area contributed by atoms with Crippen molar-refractivity contribution in [3.63, 3.8) is 0 Å². The van der Waals surface area contributed by atoms with E-state index in [1.807, 2.05) is 0 Å². The molecule has 0 spiro atoms. The topological polar surface area (TPSA) is 75.4 Å². The average molecular weight is 333 g/mol. The second kappa shape index (κ2) is 5.91. The maximum absolute atomic E-state index is 12.9. The predicted molar refractivity (Wildman–Crippen MR) is 84.1 cm³/mol. The smallest absolute Gasteiger partial charge is 0.246 e. The van der Waals surface area contributed by atoms with E-state index in [9.17, 15) is 8.42 Å². The molecule has 0 saturated carbocycles. The lowest BCUT2D eigenvalue weighted by atomic mass is 10.2. The van der Waals surface area contributed by atoms with Crippen molar-refractivity contribution in [1.29, 1.82) is 0 Å². The number of aromatic nitrogens is 2. The van der Waals surface area contributed by atoms with Gasteiger partial charge in [0.05, 0.1) is 24.5 Å². The Bertz CT molecular complexity index is 623. The lowest BCUT2D eigenvalue weighted by Gasteiger charge is -2.36. The van der Waals surface area contributed by atoms with E-state index >= 15 is 0 Å². The largest absolute Gasteiger partial charge is 0.394 e. The SMILES string of the molecule is Cc1nn(CCO)c(C)c1S(=O)(=O)N1CCSC(C)(C)C1. The Balaban J connectivity index is 2.40. The van der Waals surface area contributed by atoms with Crippen molar-refractivity contribution >= 4 is 21.8 Å². The number of thioether (sulfide) groups is 1. The Kier molecular flexibility index (Phi) is 4.72. The molecular formula is C13H23N3O3S2. The van der Waals surface area contributed by atoms with Crippen molar-refractivity contribution in [3.8, 4) is 0 Å². The standard InChI is InChI=1S/C13H23N3O3S2/c1-10-12(11(2)16(14-10)5-7-17)21(18,19)15-6-8-20-13(3,4)9-15/h17H,5-9H2,1-4H3. The Morgan fingerprint density at radius 3 is 2.62 bits per heavy atom. The number of aliphatic hydroxyl groups excluding tert-OH is 1. The Morgan fingerprint density at radius 2 is 2.05 bits per heavy atom. The molecule has 0 radical (unpaired) electrons. The van der Waals surface area contributed by atoms with Gasteiger partial charge in [-0.2, -0.15) is 21.2 Å². The van der Waals surface area contributed by atoms with Gasteiger partial charge < -0.3 is 5.11 Å². The lowest BCUT2D eigenvalue weighted by Crippen LogP contribution is -2.46. The Hall–Kier alpha value is -0.570. The van der Waals surface area contributed by atoms with Crippen molar-refractivity contribution in [1.82, 2.24) is 14.1 Å². The predicted octanol–water partition coefficient (Wildman–Crippen LogP) is 1.01. The van der Waals surface area contributed by atoms with E-state index in [0.29, 0.717) is 35.9 Å². The van der Waals surface area contributed by atoms with E-state index in [1.54, 1.807) is 34.6 Å². The number of aliphatic hydroxyl groups is 1. The summed E-state index contributed by atoms with van der Waals surface area (Å²) >= 11 is 1.80. The van der Waals surface area contributed by atoms with Gasteiger partial charge in [0.25, 0.3) is 0 Å². The molecule has 0 unspecified atom stereocenters. The third-order valence-electron chi connectivity index (χ3n) is 3.62. The van der Waals surface area contributed by atoms with Crippen LogP contribution in [0, 0.1) is 13.8 Å². The minimum Gasteiger partial charge on any atom is -0.394 e. The van der Waals surface area contributed by atoms with Gasteiger partial charge in [-0.25, -0.2) is 8.42 Å². The molecule has 1 saturated heterocycles. The zero-order valence-electron chi connectivity index (χ0n) is 13.0. The molecule has 0 aliphatic carbocycles. The average Bonchev–Trinajstić information content (AvgIpc) is 2.64. The van der Waals surface area contributed by atoms with E-state index < -0.39 is 10.0 Å². The molecule has 6 nitrogen and oxygen atoms in total. The van der Waals surface area contributed by atoms with Crippen LogP contribution in [-0.2, 0) is 16.6 Å². The highest BCUT2D eigenvalue weighted by molar-refractivity contribution is 8.00. The highest BCUT2D eigenvalue weighted by atomic mass is 32.2. The number of sulfonamides is 1. The molecule has 0 atom stereocenters. The van der Waals surface area contributed by atoms with Gasteiger partial charge in [-0.1, -0.05) is 0 Å². The highest BCUT2D eigenvalue weighted by Crippen LogP contribution is 2.33. The van der Waals surface area contributed by atoms with E-state index in [-0.39, 0.29) is 11.4 Å². The maximum Gasteiger partial charge on any atom is 0.246 e. The van der Waals surface area contributed by atoms with Crippen molar-refractivity contribution < 1.29 is 13.5 Å². The fraction of sp³-hybridized carbons (Fsp3) is 0.769. The molecule has 0 amide bonds. The van der Waals surface area contributed by atoms with Crippen LogP contribution in [-0.4, -0.2) is 57.8 Å². The molecule has 2 heterocycles. The maximum atomic E-state index is 12.9. The van der Waals surface area contributed by atoms with Crippen LogP contribution >= 0.6 is 11.8 Å². The first-order valence-electron chi connectivity index (χ1n) is 6.98. The van der Waals surface area contributed by atoms with Crippen LogP contribution < -0.4 is 0 Å². The van der Waals surface area contributed by atoms with Gasteiger partial charge in [-0.05, 0) is 27.7 Å². The van der Waals surface area contributed by atoms with Crippen LogP contribution in [0.4, 0.5) is 0 Å². The normalized spacial score (nSPS) is 19.9. The van der Waals surface area contributed by atoms with Gasteiger partial charge in [0.15, 0.2) is 0 Å². The molecule has 8 heteroatoms. The fourth-order valence-corrected chi connectivity index (χ4v) is 5.96. The Labute approximate surface area is 130 Å². The third kappa shape index (κ3) is 3.28. The van der Waals surface area contributed by atoms with Gasteiger partial charge in [0, 0.05) is 23.6 Å². The van der Waals surface area contributed by atoms with E-state index in [2.05, 4.69) is 18.9 Å². The molecule has 1 aliphatic heterocycles. The molecule has 0 aromatic carbocycles. The van der Waals surface area contributed by atoms with Crippen LogP contribution in [0.2, 0.25) is 0 Å². The monoisotopic (exact) mass is 333 g/mol. The molecule has 1 aromatic rings. The lowest BCUT2D eigenvalue weighted by molar-refractivity contribution is 0.267. The van der Waals surface area contributed by atoms with Gasteiger partial charge in [0.1, 0.15) is 4.90 Å². The number of hydrogen-bond acceptors (Lipinski definition) is 5. The quantitative estimate of drug-likeness (QED) is 0.890. The van der Waals surface area contributed by atoms with Crippen LogP contribution in [0.15, 0.2) is 4.90 Å². The fourth-order valence-electron chi connectivity index (χ4n) is 2.67. The summed E-state index contributed by atoms with van der Waals surface area (Å²) in [6.45, 7) is 8.86. The number of rotatable bonds is 4. The molecular weight excluding hydrogens is 310 g/mol. The molecule has 1 aliphatic rings. The zero-order valence-corrected chi connectivity index (χ0v) is 14.6. The second-order valence-electron chi connectivity index (χ2n) is 5.89. The number of aryl methyl sites for hydroxylation is 1. The van der Waals surface area contributed by atoms with Gasteiger partial charge in [-0.15, -0.1) is 0 Å². The summed E-state index contributed by atoms with van der Waals surface area (Å²) < 4.78 is 28.9. The van der Waals surface area contributed by atoms with Crippen molar-refractivity contribution in [2.24, 2.45) is 0 Å². The molecule has 1 aromatic heterocycles. The van der Waals surface area contributed by atoms with Crippen molar-refractivity contribution in [2.45, 2.75) is 43.9 Å². The van der Waals surface area contributed by atoms with E-state index in [0.717, 1.165) is 5.75 Å². The number of nitrogens with zero attached hydrogens (tertiary/aromatic N) is 3. The van der Waals surface area contributed by atoms with Gasteiger partial charge >= 0.3 is 0 Å². The summed E-state index contributed by atoms with van der Waals surface area (Å²) in [6.07, 6.45) is 0. The molecule has 0 bridgehead atoms. The summed E-state index contributed by atoms with van der Waals surface area (Å²) in [6, 6.07) is 0. The molecule has 120 valence electrons. The second-order valence-corrected chi connectivity index (χ2v) is 9.57. The summed E-state index contributed by atoms with van der Waals surface area (Å²) in [4.78, 5) is 0.290. The van der Waals surface area contributed by atoms with Crippen LogP contribution in [0.3, 0.4) is 0 Å². The van der Waals surface area contributed by atoms with Crippen molar-refractivity contribution in [2.75, 3.05) is 25.4 Å². The van der Waals surface area contributed by atoms with Gasteiger partial charge in [-0.3, -0.25) is 4.68 Å². The number of hydrogen-bond donors (Lipinski definition) is 1. The van der Waals surface area contributed by atoms with E-state index in [1.165, 1.54) is 0 Å². The summed E-state index contributed by atoms with van der Waals surface area (Å²) in [5.74, 6) is 0.801. The summed E-state index contributed by atoms with van der Waals surface area (Å²) in [5.41, 5.74) is 1.09. The first-order chi connectivity index (χ1) is 9.69. The minimum atomic E-state index is -3.54. The van der Waals surface area contributed by atoms with Crippen LogP contribution in [0.1, 0.15) is 25.2 Å². The minimum absolute atomic E-state index is 0.0607. The zero-order chi connectivity index (χ0) is 15.8. The van der Waals surface area contributed by atoms with Crippen LogP contribution in [0.25, 0.3) is 0 Å². The summed E-state index contributed by atoms with van der Waals surface area (Å²) in [7, 11) is -3.54. The first kappa shape index (κ1) is 16.8. The molecule has 21 heavy (non-hydrogen) atoms. The van der Waals surface area contributed by atoms with Crippen LogP contribution in [0.5, 0.6) is 0 Å². The molecule has 2 rings (SSSR count).